The molecule has 1 aliphatic heterocycles. The van der Waals surface area contributed by atoms with Crippen LogP contribution in [0, 0.1) is 5.82 Å². The van der Waals surface area contributed by atoms with E-state index in [9.17, 15) is 9.18 Å². The second-order valence-electron chi connectivity index (χ2n) is 6.60. The lowest BCUT2D eigenvalue weighted by molar-refractivity contribution is -0.148. The van der Waals surface area contributed by atoms with E-state index in [0.29, 0.717) is 36.0 Å². The molecule has 1 heterocycles. The number of halogens is 2. The minimum atomic E-state index is -0.642. The molecule has 2 unspecified atom stereocenters. The summed E-state index contributed by atoms with van der Waals surface area (Å²) in [5.74, 6) is 0.129. The Balaban J connectivity index is 1.48. The lowest BCUT2D eigenvalue weighted by Crippen LogP contribution is -2.50. The zero-order valence-corrected chi connectivity index (χ0v) is 16.4. The number of nitrogens with zero attached hydrogens (tertiary/aromatic N) is 1. The van der Waals surface area contributed by atoms with Crippen LogP contribution in [0.15, 0.2) is 48.5 Å². The third kappa shape index (κ3) is 5.67. The zero-order valence-electron chi connectivity index (χ0n) is 15.6. The van der Waals surface area contributed by atoms with E-state index in [4.69, 9.17) is 25.8 Å². The van der Waals surface area contributed by atoms with Crippen LogP contribution in [0.2, 0.25) is 5.02 Å². The summed E-state index contributed by atoms with van der Waals surface area (Å²) in [5.41, 5.74) is 0.495. The van der Waals surface area contributed by atoms with Crippen molar-refractivity contribution in [2.24, 2.45) is 0 Å². The van der Waals surface area contributed by atoms with Crippen molar-refractivity contribution >= 4 is 17.5 Å². The molecule has 0 spiro atoms. The van der Waals surface area contributed by atoms with Gasteiger partial charge in [-0.1, -0.05) is 35.9 Å². The molecule has 0 radical (unpaired) electrons. The molecule has 1 saturated heterocycles. The number of amides is 1. The monoisotopic (exact) mass is 407 g/mol. The molecule has 150 valence electrons. The van der Waals surface area contributed by atoms with Gasteiger partial charge in [0.15, 0.2) is 6.10 Å². The minimum absolute atomic E-state index is 0.123. The fourth-order valence-electron chi connectivity index (χ4n) is 2.99. The van der Waals surface area contributed by atoms with E-state index < -0.39 is 6.10 Å². The Labute approximate surface area is 168 Å². The molecule has 2 aromatic rings. The van der Waals surface area contributed by atoms with Crippen LogP contribution in [0.1, 0.15) is 12.5 Å². The highest BCUT2D eigenvalue weighted by molar-refractivity contribution is 6.30. The van der Waals surface area contributed by atoms with Crippen molar-refractivity contribution in [3.8, 4) is 5.75 Å². The average molecular weight is 408 g/mol. The Morgan fingerprint density at radius 3 is 2.93 bits per heavy atom. The number of hydrogen-bond donors (Lipinski definition) is 0. The minimum Gasteiger partial charge on any atom is -0.481 e. The van der Waals surface area contributed by atoms with Gasteiger partial charge in [-0.15, -0.1) is 0 Å². The van der Waals surface area contributed by atoms with E-state index in [1.54, 1.807) is 54.3 Å². The van der Waals surface area contributed by atoms with Gasteiger partial charge >= 0.3 is 0 Å². The van der Waals surface area contributed by atoms with Gasteiger partial charge in [0.1, 0.15) is 11.6 Å². The summed E-state index contributed by atoms with van der Waals surface area (Å²) in [4.78, 5) is 14.4. The summed E-state index contributed by atoms with van der Waals surface area (Å²) in [6.45, 7) is 3.47. The number of carbonyl (C=O) groups excluding carboxylic acids is 1. The predicted octanol–water partition coefficient (Wildman–Crippen LogP) is 3.69. The van der Waals surface area contributed by atoms with Gasteiger partial charge in [0.25, 0.3) is 5.91 Å². The second-order valence-corrected chi connectivity index (χ2v) is 7.04. The van der Waals surface area contributed by atoms with Crippen LogP contribution < -0.4 is 4.74 Å². The van der Waals surface area contributed by atoms with Crippen LogP contribution in [-0.4, -0.2) is 49.3 Å². The van der Waals surface area contributed by atoms with Crippen molar-refractivity contribution in [2.75, 3.05) is 26.3 Å². The SMILES string of the molecule is CC(Oc1cccc(Cl)c1)C(=O)N1CCOC(COCc2ccccc2F)C1. The fourth-order valence-corrected chi connectivity index (χ4v) is 3.17. The average Bonchev–Trinajstić information content (AvgIpc) is 2.69. The van der Waals surface area contributed by atoms with Gasteiger partial charge in [0, 0.05) is 23.7 Å². The molecule has 0 bridgehead atoms. The summed E-state index contributed by atoms with van der Waals surface area (Å²) in [7, 11) is 0. The number of carbonyl (C=O) groups is 1. The Bertz CT molecular complexity index is 803. The number of morpholine rings is 1. The highest BCUT2D eigenvalue weighted by Crippen LogP contribution is 2.19. The van der Waals surface area contributed by atoms with E-state index in [2.05, 4.69) is 0 Å². The third-order valence-electron chi connectivity index (χ3n) is 4.43. The first kappa shape index (κ1) is 20.6. The Hall–Kier alpha value is -2.15. The first-order valence-corrected chi connectivity index (χ1v) is 9.54. The van der Waals surface area contributed by atoms with Crippen LogP contribution in [0.3, 0.4) is 0 Å². The van der Waals surface area contributed by atoms with Crippen molar-refractivity contribution in [3.05, 3.63) is 64.9 Å². The first-order chi connectivity index (χ1) is 13.5. The topological polar surface area (TPSA) is 48.0 Å². The summed E-state index contributed by atoms with van der Waals surface area (Å²) >= 11 is 5.95. The van der Waals surface area contributed by atoms with Gasteiger partial charge in [0.2, 0.25) is 0 Å². The van der Waals surface area contributed by atoms with E-state index >= 15 is 0 Å². The molecule has 2 atom stereocenters. The first-order valence-electron chi connectivity index (χ1n) is 9.16. The standard InChI is InChI=1S/C21H23ClFNO4/c1-15(28-18-7-4-6-17(22)11-18)21(25)24-9-10-27-19(12-24)14-26-13-16-5-2-3-8-20(16)23/h2-8,11,15,19H,9-10,12-14H2,1H3. The summed E-state index contributed by atoms with van der Waals surface area (Å²) in [6, 6.07) is 13.4. The molecule has 3 rings (SSSR count). The van der Waals surface area contributed by atoms with Crippen LogP contribution in [-0.2, 0) is 20.9 Å². The van der Waals surface area contributed by atoms with Gasteiger partial charge < -0.3 is 19.1 Å². The smallest absolute Gasteiger partial charge is 0.263 e. The van der Waals surface area contributed by atoms with Crippen LogP contribution in [0.25, 0.3) is 0 Å². The maximum Gasteiger partial charge on any atom is 0.263 e. The molecule has 1 fully saturated rings. The fraction of sp³-hybridized carbons (Fsp3) is 0.381. The molecule has 1 amide bonds. The number of benzene rings is 2. The summed E-state index contributed by atoms with van der Waals surface area (Å²) in [5, 5.41) is 0.551. The van der Waals surface area contributed by atoms with Crippen molar-refractivity contribution in [1.29, 1.82) is 0 Å². The van der Waals surface area contributed by atoms with Crippen molar-refractivity contribution in [2.45, 2.75) is 25.7 Å². The molecule has 0 N–H and O–H groups in total. The molecular formula is C21H23ClFNO4. The normalized spacial score (nSPS) is 18.0. The summed E-state index contributed by atoms with van der Waals surface area (Å²) in [6.07, 6.45) is -0.903. The van der Waals surface area contributed by atoms with Crippen LogP contribution >= 0.6 is 11.6 Å². The Morgan fingerprint density at radius 1 is 1.32 bits per heavy atom. The van der Waals surface area contributed by atoms with Gasteiger partial charge in [-0.05, 0) is 31.2 Å². The zero-order chi connectivity index (χ0) is 19.9. The molecule has 1 aliphatic rings. The van der Waals surface area contributed by atoms with Crippen LogP contribution in [0.4, 0.5) is 4.39 Å². The number of rotatable bonds is 7. The molecular weight excluding hydrogens is 385 g/mol. The van der Waals surface area contributed by atoms with E-state index in [1.165, 1.54) is 6.07 Å². The predicted molar refractivity (Wildman–Crippen MR) is 104 cm³/mol. The Kier molecular flexibility index (Phi) is 7.25. The largest absolute Gasteiger partial charge is 0.481 e. The molecule has 2 aromatic carbocycles. The molecule has 0 aromatic heterocycles. The molecule has 0 saturated carbocycles. The lowest BCUT2D eigenvalue weighted by Gasteiger charge is -2.34. The van der Waals surface area contributed by atoms with Crippen molar-refractivity contribution in [1.82, 2.24) is 4.90 Å². The maximum absolute atomic E-state index is 13.6. The van der Waals surface area contributed by atoms with Crippen LogP contribution in [0.5, 0.6) is 5.75 Å². The highest BCUT2D eigenvalue weighted by Gasteiger charge is 2.28. The van der Waals surface area contributed by atoms with E-state index in [1.807, 2.05) is 0 Å². The molecule has 7 heteroatoms. The van der Waals surface area contributed by atoms with Gasteiger partial charge in [-0.25, -0.2) is 4.39 Å². The number of hydrogen-bond acceptors (Lipinski definition) is 4. The second kappa shape index (κ2) is 9.87. The summed E-state index contributed by atoms with van der Waals surface area (Å²) < 4.78 is 30.6. The van der Waals surface area contributed by atoms with Crippen molar-refractivity contribution in [3.63, 3.8) is 0 Å². The molecule has 28 heavy (non-hydrogen) atoms. The Morgan fingerprint density at radius 2 is 2.14 bits per heavy atom. The van der Waals surface area contributed by atoms with Gasteiger partial charge in [-0.3, -0.25) is 4.79 Å². The molecule has 5 nitrogen and oxygen atoms in total. The van der Waals surface area contributed by atoms with Crippen molar-refractivity contribution < 1.29 is 23.4 Å². The van der Waals surface area contributed by atoms with Gasteiger partial charge in [-0.2, -0.15) is 0 Å². The third-order valence-corrected chi connectivity index (χ3v) is 4.66. The molecule has 0 aliphatic carbocycles. The highest BCUT2D eigenvalue weighted by atomic mass is 35.5. The van der Waals surface area contributed by atoms with Gasteiger partial charge in [0.05, 0.1) is 25.9 Å². The number of ether oxygens (including phenoxy) is 3. The lowest BCUT2D eigenvalue weighted by atomic mass is 10.2. The maximum atomic E-state index is 13.6. The van der Waals surface area contributed by atoms with E-state index in [-0.39, 0.29) is 31.0 Å². The quantitative estimate of drug-likeness (QED) is 0.702. The van der Waals surface area contributed by atoms with E-state index in [0.717, 1.165) is 0 Å².